The van der Waals surface area contributed by atoms with Crippen molar-refractivity contribution < 1.29 is 13.6 Å². The standard InChI is InChI=1S/C10H8F2N2O/c1-13-6-10(15)14-5-7-2-8(11)4-9(12)3-7/h2-4H,5-6H2,(H,14,15). The van der Waals surface area contributed by atoms with Crippen LogP contribution in [-0.4, -0.2) is 12.5 Å². The van der Waals surface area contributed by atoms with Crippen LogP contribution >= 0.6 is 0 Å². The lowest BCUT2D eigenvalue weighted by molar-refractivity contribution is -0.119. The predicted molar refractivity (Wildman–Crippen MR) is 49.7 cm³/mol. The van der Waals surface area contributed by atoms with Gasteiger partial charge in [-0.3, -0.25) is 4.79 Å². The monoisotopic (exact) mass is 210 g/mol. The molecule has 0 atom stereocenters. The maximum absolute atomic E-state index is 12.7. The second kappa shape index (κ2) is 5.05. The van der Waals surface area contributed by atoms with Crippen LogP contribution < -0.4 is 5.32 Å². The van der Waals surface area contributed by atoms with Crippen molar-refractivity contribution in [3.8, 4) is 0 Å². The molecule has 0 saturated carbocycles. The van der Waals surface area contributed by atoms with Crippen molar-refractivity contribution in [2.75, 3.05) is 6.54 Å². The molecule has 0 spiro atoms. The summed E-state index contributed by atoms with van der Waals surface area (Å²) in [4.78, 5) is 13.7. The van der Waals surface area contributed by atoms with Gasteiger partial charge in [-0.05, 0) is 17.7 Å². The van der Waals surface area contributed by atoms with E-state index in [0.717, 1.165) is 18.2 Å². The average Bonchev–Trinajstić information content (AvgIpc) is 2.14. The van der Waals surface area contributed by atoms with Gasteiger partial charge in [-0.15, -0.1) is 0 Å². The lowest BCUT2D eigenvalue weighted by Crippen LogP contribution is -2.24. The van der Waals surface area contributed by atoms with Crippen LogP contribution in [0.4, 0.5) is 8.78 Å². The van der Waals surface area contributed by atoms with Crippen molar-refractivity contribution in [3.05, 3.63) is 46.8 Å². The lowest BCUT2D eigenvalue weighted by atomic mass is 10.2. The van der Waals surface area contributed by atoms with Crippen LogP contribution in [0, 0.1) is 18.2 Å². The highest BCUT2D eigenvalue weighted by Crippen LogP contribution is 2.07. The van der Waals surface area contributed by atoms with E-state index in [-0.39, 0.29) is 13.1 Å². The van der Waals surface area contributed by atoms with Crippen molar-refractivity contribution in [2.45, 2.75) is 6.54 Å². The molecule has 1 rings (SSSR count). The van der Waals surface area contributed by atoms with Gasteiger partial charge in [0.05, 0.1) is 0 Å². The van der Waals surface area contributed by atoms with Crippen molar-refractivity contribution in [1.29, 1.82) is 0 Å². The molecule has 78 valence electrons. The molecule has 15 heavy (non-hydrogen) atoms. The first kappa shape index (κ1) is 11.1. The van der Waals surface area contributed by atoms with Gasteiger partial charge in [-0.25, -0.2) is 15.4 Å². The minimum absolute atomic E-state index is 0.0169. The summed E-state index contributed by atoms with van der Waals surface area (Å²) < 4.78 is 25.4. The molecule has 1 aromatic rings. The van der Waals surface area contributed by atoms with Crippen molar-refractivity contribution in [2.24, 2.45) is 0 Å². The van der Waals surface area contributed by atoms with E-state index in [1.54, 1.807) is 0 Å². The number of carbonyl (C=O) groups is 1. The lowest BCUT2D eigenvalue weighted by Gasteiger charge is -2.02. The van der Waals surface area contributed by atoms with Gasteiger partial charge in [0.1, 0.15) is 11.6 Å². The topological polar surface area (TPSA) is 33.5 Å². The van der Waals surface area contributed by atoms with Gasteiger partial charge in [0.25, 0.3) is 12.5 Å². The molecule has 0 unspecified atom stereocenters. The molecule has 0 fully saturated rings. The zero-order valence-electron chi connectivity index (χ0n) is 7.76. The van der Waals surface area contributed by atoms with Crippen LogP contribution in [-0.2, 0) is 11.3 Å². The molecule has 0 aliphatic heterocycles. The van der Waals surface area contributed by atoms with E-state index < -0.39 is 17.5 Å². The molecular formula is C10H8F2N2O. The van der Waals surface area contributed by atoms with E-state index in [1.807, 2.05) is 0 Å². The summed E-state index contributed by atoms with van der Waals surface area (Å²) in [6.45, 7) is 6.17. The van der Waals surface area contributed by atoms with Crippen molar-refractivity contribution >= 4 is 5.91 Å². The summed E-state index contributed by atoms with van der Waals surface area (Å²) in [5.74, 6) is -1.84. The largest absolute Gasteiger partial charge is 0.346 e. The van der Waals surface area contributed by atoms with Crippen LogP contribution in [0.2, 0.25) is 0 Å². The van der Waals surface area contributed by atoms with Crippen molar-refractivity contribution in [3.63, 3.8) is 0 Å². The maximum atomic E-state index is 12.7. The average molecular weight is 210 g/mol. The first-order chi connectivity index (χ1) is 7.11. The number of rotatable bonds is 3. The molecule has 0 saturated heterocycles. The molecule has 5 heteroatoms. The molecule has 0 heterocycles. The zero-order chi connectivity index (χ0) is 11.3. The number of halogens is 2. The number of amides is 1. The van der Waals surface area contributed by atoms with Crippen LogP contribution in [0.3, 0.4) is 0 Å². The van der Waals surface area contributed by atoms with E-state index >= 15 is 0 Å². The summed E-state index contributed by atoms with van der Waals surface area (Å²) in [6.07, 6.45) is 0. The Morgan fingerprint density at radius 1 is 1.33 bits per heavy atom. The minimum atomic E-state index is -0.690. The fraction of sp³-hybridized carbons (Fsp3) is 0.200. The Morgan fingerprint density at radius 2 is 1.93 bits per heavy atom. The molecule has 0 aliphatic rings. The van der Waals surface area contributed by atoms with E-state index in [0.29, 0.717) is 5.56 Å². The highest BCUT2D eigenvalue weighted by atomic mass is 19.1. The molecular weight excluding hydrogens is 202 g/mol. The van der Waals surface area contributed by atoms with E-state index in [1.165, 1.54) is 0 Å². The molecule has 0 bridgehead atoms. The molecule has 0 aromatic heterocycles. The maximum Gasteiger partial charge on any atom is 0.300 e. The van der Waals surface area contributed by atoms with Gasteiger partial charge in [0.2, 0.25) is 0 Å². The van der Waals surface area contributed by atoms with Crippen LogP contribution in [0.25, 0.3) is 4.85 Å². The summed E-state index contributed by atoms with van der Waals surface area (Å²) in [7, 11) is 0. The van der Waals surface area contributed by atoms with Crippen molar-refractivity contribution in [1.82, 2.24) is 5.32 Å². The predicted octanol–water partition coefficient (Wildman–Crippen LogP) is 1.50. The van der Waals surface area contributed by atoms with Gasteiger partial charge in [-0.1, -0.05) is 0 Å². The Bertz CT molecular complexity index is 392. The number of hydrogen-bond acceptors (Lipinski definition) is 1. The molecule has 1 aromatic carbocycles. The minimum Gasteiger partial charge on any atom is -0.346 e. The van der Waals surface area contributed by atoms with E-state index in [4.69, 9.17) is 6.57 Å². The highest BCUT2D eigenvalue weighted by Gasteiger charge is 2.04. The molecule has 1 amide bonds. The van der Waals surface area contributed by atoms with Crippen LogP contribution in [0.5, 0.6) is 0 Å². The summed E-state index contributed by atoms with van der Waals surface area (Å²) >= 11 is 0. The fourth-order valence-electron chi connectivity index (χ4n) is 1.04. The summed E-state index contributed by atoms with van der Waals surface area (Å²) in [5.41, 5.74) is 0.325. The van der Waals surface area contributed by atoms with Gasteiger partial charge in [0.15, 0.2) is 0 Å². The quantitative estimate of drug-likeness (QED) is 0.753. The number of nitrogens with one attached hydrogen (secondary N) is 1. The molecule has 0 radical (unpaired) electrons. The Hall–Kier alpha value is -1.96. The Labute approximate surface area is 85.5 Å². The van der Waals surface area contributed by atoms with E-state index in [2.05, 4.69) is 10.2 Å². The first-order valence-electron chi connectivity index (χ1n) is 4.16. The van der Waals surface area contributed by atoms with Gasteiger partial charge >= 0.3 is 0 Å². The van der Waals surface area contributed by atoms with Gasteiger partial charge in [-0.2, -0.15) is 0 Å². The number of hydrogen-bond donors (Lipinski definition) is 1. The van der Waals surface area contributed by atoms with Crippen LogP contribution in [0.1, 0.15) is 5.56 Å². The Kier molecular flexibility index (Phi) is 3.75. The Morgan fingerprint density at radius 3 is 2.47 bits per heavy atom. The summed E-state index contributed by atoms with van der Waals surface area (Å²) in [5, 5.41) is 2.37. The van der Waals surface area contributed by atoms with Crippen LogP contribution in [0.15, 0.2) is 18.2 Å². The number of carbonyl (C=O) groups excluding carboxylic acids is 1. The number of nitrogens with zero attached hydrogens (tertiary/aromatic N) is 1. The fourth-order valence-corrected chi connectivity index (χ4v) is 1.04. The highest BCUT2D eigenvalue weighted by molar-refractivity contribution is 5.79. The Balaban J connectivity index is 2.58. The second-order valence-corrected chi connectivity index (χ2v) is 2.87. The third-order valence-corrected chi connectivity index (χ3v) is 1.63. The third kappa shape index (κ3) is 3.73. The second-order valence-electron chi connectivity index (χ2n) is 2.87. The zero-order valence-corrected chi connectivity index (χ0v) is 7.76. The first-order valence-corrected chi connectivity index (χ1v) is 4.16. The normalized spacial score (nSPS) is 9.40. The molecule has 1 N–H and O–H groups in total. The van der Waals surface area contributed by atoms with Gasteiger partial charge in [0, 0.05) is 12.6 Å². The third-order valence-electron chi connectivity index (χ3n) is 1.63. The SMILES string of the molecule is [C-]#[N+]CC(=O)NCc1cc(F)cc(F)c1. The molecule has 0 aliphatic carbocycles. The smallest absolute Gasteiger partial charge is 0.300 e. The number of benzene rings is 1. The van der Waals surface area contributed by atoms with E-state index in [9.17, 15) is 13.6 Å². The van der Waals surface area contributed by atoms with Gasteiger partial charge < -0.3 is 10.2 Å². The molecule has 3 nitrogen and oxygen atoms in total. The summed E-state index contributed by atoms with van der Waals surface area (Å²) in [6, 6.07) is 3.01.